The number of hydrogen-bond donors (Lipinski definition) is 1. The molecular weight excluding hydrogens is 260 g/mol. The summed E-state index contributed by atoms with van der Waals surface area (Å²) in [5.74, 6) is 1.11. The second-order valence-electron chi connectivity index (χ2n) is 5.98. The number of aliphatic hydroxyl groups is 1. The summed E-state index contributed by atoms with van der Waals surface area (Å²) >= 11 is 6.30. The van der Waals surface area contributed by atoms with E-state index in [1.54, 1.807) is 4.68 Å². The maximum Gasteiger partial charge on any atom is 0.130 e. The van der Waals surface area contributed by atoms with E-state index < -0.39 is 0 Å². The summed E-state index contributed by atoms with van der Waals surface area (Å²) in [5.41, 5.74) is 2.11. The number of nitrogens with zero attached hydrogens (tertiary/aromatic N) is 2. The highest BCUT2D eigenvalue weighted by atomic mass is 35.5. The molecule has 0 aliphatic heterocycles. The molecule has 1 aliphatic carbocycles. The highest BCUT2D eigenvalue weighted by Gasteiger charge is 2.30. The first kappa shape index (κ1) is 14.9. The first-order valence-electron chi connectivity index (χ1n) is 7.39. The first-order valence-corrected chi connectivity index (χ1v) is 7.76. The Morgan fingerprint density at radius 3 is 2.74 bits per heavy atom. The largest absolute Gasteiger partial charge is 0.393 e. The highest BCUT2D eigenvalue weighted by Crippen LogP contribution is 2.35. The normalized spacial score (nSPS) is 27.7. The van der Waals surface area contributed by atoms with Crippen LogP contribution in [0.25, 0.3) is 0 Å². The minimum atomic E-state index is -0.177. The van der Waals surface area contributed by atoms with Gasteiger partial charge in [0.2, 0.25) is 0 Å². The fourth-order valence-electron chi connectivity index (χ4n) is 3.40. The Labute approximate surface area is 121 Å². The van der Waals surface area contributed by atoms with Crippen molar-refractivity contribution in [2.24, 2.45) is 18.9 Å². The molecule has 1 saturated carbocycles. The molecule has 4 heteroatoms. The second kappa shape index (κ2) is 6.27. The molecule has 1 aromatic rings. The van der Waals surface area contributed by atoms with Gasteiger partial charge in [-0.15, -0.1) is 0 Å². The van der Waals surface area contributed by atoms with E-state index in [0.29, 0.717) is 5.92 Å². The van der Waals surface area contributed by atoms with Crippen LogP contribution < -0.4 is 0 Å². The van der Waals surface area contributed by atoms with Crippen LogP contribution in [0.15, 0.2) is 0 Å². The third-order valence-corrected chi connectivity index (χ3v) is 4.96. The summed E-state index contributed by atoms with van der Waals surface area (Å²) in [6, 6.07) is 0. The molecule has 1 heterocycles. The summed E-state index contributed by atoms with van der Waals surface area (Å²) in [6.45, 7) is 4.24. The van der Waals surface area contributed by atoms with Crippen molar-refractivity contribution in [3.05, 3.63) is 16.4 Å². The quantitative estimate of drug-likeness (QED) is 0.919. The molecule has 0 aromatic carbocycles. The van der Waals surface area contributed by atoms with E-state index in [9.17, 15) is 5.11 Å². The van der Waals surface area contributed by atoms with Crippen molar-refractivity contribution in [3.63, 3.8) is 0 Å². The minimum Gasteiger partial charge on any atom is -0.393 e. The van der Waals surface area contributed by atoms with Gasteiger partial charge in [0.25, 0.3) is 0 Å². The van der Waals surface area contributed by atoms with E-state index in [-0.39, 0.29) is 6.10 Å². The maximum absolute atomic E-state index is 10.2. The van der Waals surface area contributed by atoms with Crippen LogP contribution in [0.5, 0.6) is 0 Å². The Hall–Kier alpha value is -0.540. The standard InChI is InChI=1S/C15H25ClN2O/c1-4-5-11-6-7-14(19)12(8-11)9-13-10(2)17-18(3)15(13)16/h11-12,14,19H,4-9H2,1-3H3. The Bertz CT molecular complexity index is 430. The van der Waals surface area contributed by atoms with Gasteiger partial charge in [0.15, 0.2) is 0 Å². The molecular formula is C15H25ClN2O. The van der Waals surface area contributed by atoms with E-state index in [1.165, 1.54) is 19.3 Å². The molecule has 3 unspecified atom stereocenters. The van der Waals surface area contributed by atoms with Gasteiger partial charge >= 0.3 is 0 Å². The van der Waals surface area contributed by atoms with Crippen molar-refractivity contribution in [1.29, 1.82) is 0 Å². The topological polar surface area (TPSA) is 38.1 Å². The zero-order chi connectivity index (χ0) is 14.0. The van der Waals surface area contributed by atoms with Crippen LogP contribution in [-0.2, 0) is 13.5 Å². The van der Waals surface area contributed by atoms with Crippen LogP contribution in [0.3, 0.4) is 0 Å². The fraction of sp³-hybridized carbons (Fsp3) is 0.800. The summed E-state index contributed by atoms with van der Waals surface area (Å²) < 4.78 is 1.73. The van der Waals surface area contributed by atoms with Crippen LogP contribution in [0.1, 0.15) is 50.3 Å². The number of hydrogen-bond acceptors (Lipinski definition) is 2. The Morgan fingerprint density at radius 2 is 2.16 bits per heavy atom. The Balaban J connectivity index is 2.07. The molecule has 1 fully saturated rings. The smallest absolute Gasteiger partial charge is 0.130 e. The van der Waals surface area contributed by atoms with E-state index in [1.807, 2.05) is 14.0 Å². The molecule has 3 atom stereocenters. The average molecular weight is 285 g/mol. The Kier molecular flexibility index (Phi) is 4.91. The second-order valence-corrected chi connectivity index (χ2v) is 6.34. The highest BCUT2D eigenvalue weighted by molar-refractivity contribution is 6.30. The number of aromatic nitrogens is 2. The molecule has 0 radical (unpaired) electrons. The molecule has 3 nitrogen and oxygen atoms in total. The van der Waals surface area contributed by atoms with Gasteiger partial charge in [0.05, 0.1) is 11.8 Å². The van der Waals surface area contributed by atoms with Crippen molar-refractivity contribution >= 4 is 11.6 Å². The molecule has 0 saturated heterocycles. The van der Waals surface area contributed by atoms with Gasteiger partial charge in [-0.05, 0) is 44.4 Å². The molecule has 0 spiro atoms. The zero-order valence-corrected chi connectivity index (χ0v) is 13.0. The lowest BCUT2D eigenvalue weighted by atomic mass is 9.75. The van der Waals surface area contributed by atoms with E-state index >= 15 is 0 Å². The van der Waals surface area contributed by atoms with Crippen LogP contribution >= 0.6 is 11.6 Å². The maximum atomic E-state index is 10.2. The third kappa shape index (κ3) is 3.32. The lowest BCUT2D eigenvalue weighted by Gasteiger charge is -2.33. The number of aliphatic hydroxyl groups excluding tert-OH is 1. The third-order valence-electron chi connectivity index (χ3n) is 4.48. The van der Waals surface area contributed by atoms with Crippen molar-refractivity contribution in [2.45, 2.75) is 58.5 Å². The monoisotopic (exact) mass is 284 g/mol. The van der Waals surface area contributed by atoms with Gasteiger partial charge in [0, 0.05) is 12.6 Å². The number of aryl methyl sites for hydroxylation is 2. The number of rotatable bonds is 4. The zero-order valence-electron chi connectivity index (χ0n) is 12.2. The van der Waals surface area contributed by atoms with Crippen molar-refractivity contribution in [2.75, 3.05) is 0 Å². The summed E-state index contributed by atoms with van der Waals surface area (Å²) in [4.78, 5) is 0. The molecule has 2 rings (SSSR count). The molecule has 19 heavy (non-hydrogen) atoms. The summed E-state index contributed by atoms with van der Waals surface area (Å²) in [5, 5.41) is 15.3. The van der Waals surface area contributed by atoms with Crippen LogP contribution in [0, 0.1) is 18.8 Å². The molecule has 108 valence electrons. The van der Waals surface area contributed by atoms with Crippen LogP contribution in [-0.4, -0.2) is 21.0 Å². The van der Waals surface area contributed by atoms with Gasteiger partial charge in [-0.3, -0.25) is 4.68 Å². The summed E-state index contributed by atoms with van der Waals surface area (Å²) in [6.07, 6.45) is 6.43. The Morgan fingerprint density at radius 1 is 1.42 bits per heavy atom. The predicted molar refractivity (Wildman–Crippen MR) is 78.4 cm³/mol. The molecule has 0 amide bonds. The van der Waals surface area contributed by atoms with Gasteiger partial charge in [-0.2, -0.15) is 5.10 Å². The van der Waals surface area contributed by atoms with Crippen molar-refractivity contribution in [3.8, 4) is 0 Å². The minimum absolute atomic E-state index is 0.177. The lowest BCUT2D eigenvalue weighted by Crippen LogP contribution is -2.30. The molecule has 1 aromatic heterocycles. The van der Waals surface area contributed by atoms with Gasteiger partial charge in [-0.25, -0.2) is 0 Å². The summed E-state index contributed by atoms with van der Waals surface area (Å²) in [7, 11) is 1.87. The molecule has 0 bridgehead atoms. The molecule has 1 N–H and O–H groups in total. The van der Waals surface area contributed by atoms with Crippen LogP contribution in [0.4, 0.5) is 0 Å². The van der Waals surface area contributed by atoms with Gasteiger partial charge in [-0.1, -0.05) is 31.4 Å². The van der Waals surface area contributed by atoms with Crippen LogP contribution in [0.2, 0.25) is 5.15 Å². The van der Waals surface area contributed by atoms with Crippen molar-refractivity contribution in [1.82, 2.24) is 9.78 Å². The van der Waals surface area contributed by atoms with Gasteiger partial charge < -0.3 is 5.11 Å². The predicted octanol–water partition coefficient (Wildman–Crippen LogP) is 3.50. The van der Waals surface area contributed by atoms with Gasteiger partial charge in [0.1, 0.15) is 5.15 Å². The average Bonchev–Trinajstić information content (AvgIpc) is 2.60. The fourth-order valence-corrected chi connectivity index (χ4v) is 3.65. The van der Waals surface area contributed by atoms with E-state index in [0.717, 1.165) is 41.6 Å². The lowest BCUT2D eigenvalue weighted by molar-refractivity contribution is 0.0462. The van der Waals surface area contributed by atoms with E-state index in [4.69, 9.17) is 11.6 Å². The molecule has 1 aliphatic rings. The van der Waals surface area contributed by atoms with Crippen molar-refractivity contribution < 1.29 is 5.11 Å². The number of halogens is 1. The van der Waals surface area contributed by atoms with E-state index in [2.05, 4.69) is 12.0 Å². The first-order chi connectivity index (χ1) is 9.02. The SMILES string of the molecule is CCCC1CCC(O)C(Cc2c(C)nn(C)c2Cl)C1.